The molecular formula is C22H28FN5. The van der Waals surface area contributed by atoms with Gasteiger partial charge in [-0.25, -0.2) is 9.37 Å². The smallest absolute Gasteiger partial charge is 0.141 e. The zero-order chi connectivity index (χ0) is 20.1. The third-order valence-corrected chi connectivity index (χ3v) is 4.71. The molecule has 0 fully saturated rings. The molecule has 0 aliphatic rings. The Bertz CT molecular complexity index is 957. The molecule has 0 bridgehead atoms. The zero-order valence-corrected chi connectivity index (χ0v) is 16.8. The van der Waals surface area contributed by atoms with Gasteiger partial charge in [0, 0.05) is 24.2 Å². The van der Waals surface area contributed by atoms with Crippen molar-refractivity contribution in [2.45, 2.75) is 26.3 Å². The molecule has 0 saturated carbocycles. The maximum absolute atomic E-state index is 13.3. The second kappa shape index (κ2) is 8.97. The number of halogens is 1. The highest BCUT2D eigenvalue weighted by molar-refractivity contribution is 6.00. The van der Waals surface area contributed by atoms with Crippen molar-refractivity contribution in [1.82, 2.24) is 14.5 Å². The molecule has 1 aromatic heterocycles. The van der Waals surface area contributed by atoms with E-state index in [-0.39, 0.29) is 5.82 Å². The Morgan fingerprint density at radius 2 is 1.93 bits per heavy atom. The molecule has 0 atom stereocenters. The van der Waals surface area contributed by atoms with Crippen molar-refractivity contribution >= 4 is 16.9 Å². The fraction of sp³-hybridized carbons (Fsp3) is 0.364. The van der Waals surface area contributed by atoms with Gasteiger partial charge in [0.05, 0.1) is 17.6 Å². The van der Waals surface area contributed by atoms with E-state index in [2.05, 4.69) is 27.4 Å². The van der Waals surface area contributed by atoms with Crippen LogP contribution < -0.4 is 5.73 Å². The number of nitrogens with two attached hydrogens (primary N) is 1. The number of imidazole rings is 1. The number of aliphatic imine (C=N–C) groups is 1. The van der Waals surface area contributed by atoms with Crippen LogP contribution >= 0.6 is 0 Å². The number of rotatable bonds is 8. The highest BCUT2D eigenvalue weighted by Crippen LogP contribution is 2.26. The topological polar surface area (TPSA) is 59.4 Å². The minimum absolute atomic E-state index is 0.246. The lowest BCUT2D eigenvalue weighted by atomic mass is 10.2. The molecule has 1 heterocycles. The minimum Gasteiger partial charge on any atom is -0.384 e. The average molecular weight is 381 g/mol. The van der Waals surface area contributed by atoms with Crippen LogP contribution in [0.2, 0.25) is 0 Å². The molecule has 0 unspecified atom stereocenters. The standard InChI is InChI=1S/C22H28FN5/c1-4-5-13-28-20-11-8-17(21(24)25-12-14-27(2)3)15-19(20)26-22(28)16-6-9-18(23)10-7-16/h6-11,15H,4-5,12-14H2,1-3H3,(H2,24,25). The highest BCUT2D eigenvalue weighted by Gasteiger charge is 2.14. The molecule has 2 aromatic carbocycles. The predicted molar refractivity (Wildman–Crippen MR) is 114 cm³/mol. The van der Waals surface area contributed by atoms with Gasteiger partial charge in [0.2, 0.25) is 0 Å². The van der Waals surface area contributed by atoms with E-state index in [1.54, 1.807) is 12.1 Å². The summed E-state index contributed by atoms with van der Waals surface area (Å²) in [4.78, 5) is 11.4. The summed E-state index contributed by atoms with van der Waals surface area (Å²) in [6, 6.07) is 12.5. The van der Waals surface area contributed by atoms with E-state index < -0.39 is 0 Å². The summed E-state index contributed by atoms with van der Waals surface area (Å²) < 4.78 is 15.5. The van der Waals surface area contributed by atoms with Gasteiger partial charge in [0.1, 0.15) is 17.5 Å². The second-order valence-corrected chi connectivity index (χ2v) is 7.22. The van der Waals surface area contributed by atoms with Gasteiger partial charge in [-0.1, -0.05) is 13.3 Å². The normalized spacial score (nSPS) is 12.2. The monoisotopic (exact) mass is 381 g/mol. The maximum Gasteiger partial charge on any atom is 0.141 e. The van der Waals surface area contributed by atoms with Gasteiger partial charge in [-0.3, -0.25) is 4.99 Å². The Labute approximate surface area is 165 Å². The van der Waals surface area contributed by atoms with Crippen molar-refractivity contribution in [3.8, 4) is 11.4 Å². The summed E-state index contributed by atoms with van der Waals surface area (Å²) >= 11 is 0. The number of amidine groups is 1. The Morgan fingerprint density at radius 3 is 2.61 bits per heavy atom. The van der Waals surface area contributed by atoms with E-state index in [0.717, 1.165) is 53.9 Å². The van der Waals surface area contributed by atoms with Crippen molar-refractivity contribution < 1.29 is 4.39 Å². The quantitative estimate of drug-likeness (QED) is 0.475. The number of hydrogen-bond donors (Lipinski definition) is 1. The van der Waals surface area contributed by atoms with Crippen LogP contribution in [0.15, 0.2) is 47.5 Å². The third kappa shape index (κ3) is 4.57. The van der Waals surface area contributed by atoms with Crippen LogP contribution in [0, 0.1) is 5.82 Å². The molecule has 3 aromatic rings. The fourth-order valence-corrected chi connectivity index (χ4v) is 3.11. The second-order valence-electron chi connectivity index (χ2n) is 7.22. The summed E-state index contributed by atoms with van der Waals surface area (Å²) in [6.07, 6.45) is 2.14. The van der Waals surface area contributed by atoms with Gasteiger partial charge in [0.25, 0.3) is 0 Å². The lowest BCUT2D eigenvalue weighted by Crippen LogP contribution is -2.19. The molecule has 2 N–H and O–H groups in total. The summed E-state index contributed by atoms with van der Waals surface area (Å²) in [5, 5.41) is 0. The number of aryl methyl sites for hydroxylation is 1. The van der Waals surface area contributed by atoms with E-state index in [4.69, 9.17) is 10.7 Å². The number of unbranched alkanes of at least 4 members (excludes halogenated alkanes) is 1. The maximum atomic E-state index is 13.3. The zero-order valence-electron chi connectivity index (χ0n) is 16.8. The number of hydrogen-bond acceptors (Lipinski definition) is 3. The molecule has 0 aliphatic carbocycles. The Balaban J connectivity index is 2.00. The minimum atomic E-state index is -0.246. The van der Waals surface area contributed by atoms with E-state index >= 15 is 0 Å². The molecule has 28 heavy (non-hydrogen) atoms. The van der Waals surface area contributed by atoms with E-state index in [0.29, 0.717) is 12.4 Å². The molecular weight excluding hydrogens is 353 g/mol. The summed E-state index contributed by atoms with van der Waals surface area (Å²) in [5.74, 6) is 1.13. The number of aromatic nitrogens is 2. The molecule has 6 heteroatoms. The van der Waals surface area contributed by atoms with Crippen molar-refractivity contribution in [3.63, 3.8) is 0 Å². The third-order valence-electron chi connectivity index (χ3n) is 4.71. The first kappa shape index (κ1) is 20.0. The molecule has 0 saturated heterocycles. The van der Waals surface area contributed by atoms with E-state index in [1.165, 1.54) is 12.1 Å². The summed E-state index contributed by atoms with van der Waals surface area (Å²) in [6.45, 7) is 4.54. The highest BCUT2D eigenvalue weighted by atomic mass is 19.1. The molecule has 0 radical (unpaired) electrons. The van der Waals surface area contributed by atoms with Gasteiger partial charge < -0.3 is 15.2 Å². The number of benzene rings is 2. The summed E-state index contributed by atoms with van der Waals surface area (Å²) in [5.41, 5.74) is 9.89. The van der Waals surface area contributed by atoms with Crippen LogP contribution in [0.5, 0.6) is 0 Å². The summed E-state index contributed by atoms with van der Waals surface area (Å²) in [7, 11) is 4.02. The average Bonchev–Trinajstić information content (AvgIpc) is 3.04. The van der Waals surface area contributed by atoms with Crippen LogP contribution in [0.1, 0.15) is 25.3 Å². The van der Waals surface area contributed by atoms with Gasteiger partial charge in [-0.05, 0) is 63.0 Å². The molecule has 148 valence electrons. The van der Waals surface area contributed by atoms with E-state index in [9.17, 15) is 4.39 Å². The van der Waals surface area contributed by atoms with Gasteiger partial charge in [0.15, 0.2) is 0 Å². The van der Waals surface area contributed by atoms with Crippen LogP contribution in [-0.2, 0) is 6.54 Å². The molecule has 0 aliphatic heterocycles. The first-order chi connectivity index (χ1) is 13.5. The Morgan fingerprint density at radius 1 is 1.18 bits per heavy atom. The first-order valence-corrected chi connectivity index (χ1v) is 9.71. The SMILES string of the molecule is CCCCn1c(-c2ccc(F)cc2)nc2cc(C(N)=NCCN(C)C)ccc21. The fourth-order valence-electron chi connectivity index (χ4n) is 3.11. The lowest BCUT2D eigenvalue weighted by Gasteiger charge is -2.09. The van der Waals surface area contributed by atoms with Crippen molar-refractivity contribution in [3.05, 3.63) is 53.8 Å². The number of fused-ring (bicyclic) bond motifs is 1. The van der Waals surface area contributed by atoms with Crippen LogP contribution in [0.4, 0.5) is 4.39 Å². The van der Waals surface area contributed by atoms with Crippen LogP contribution in [0.3, 0.4) is 0 Å². The lowest BCUT2D eigenvalue weighted by molar-refractivity contribution is 0.420. The van der Waals surface area contributed by atoms with Crippen molar-refractivity contribution in [2.75, 3.05) is 27.2 Å². The molecule has 5 nitrogen and oxygen atoms in total. The largest absolute Gasteiger partial charge is 0.384 e. The molecule has 3 rings (SSSR count). The van der Waals surface area contributed by atoms with E-state index in [1.807, 2.05) is 26.2 Å². The predicted octanol–water partition coefficient (Wildman–Crippen LogP) is 3.91. The van der Waals surface area contributed by atoms with Gasteiger partial charge >= 0.3 is 0 Å². The molecule has 0 spiro atoms. The number of likely N-dealkylation sites (N-methyl/N-ethyl adjacent to an activating group) is 1. The van der Waals surface area contributed by atoms with Gasteiger partial charge in [-0.2, -0.15) is 0 Å². The van der Waals surface area contributed by atoms with Crippen molar-refractivity contribution in [1.29, 1.82) is 0 Å². The first-order valence-electron chi connectivity index (χ1n) is 9.71. The van der Waals surface area contributed by atoms with Crippen LogP contribution in [-0.4, -0.2) is 47.5 Å². The van der Waals surface area contributed by atoms with Gasteiger partial charge in [-0.15, -0.1) is 0 Å². The Kier molecular flexibility index (Phi) is 6.41. The van der Waals surface area contributed by atoms with Crippen molar-refractivity contribution in [2.24, 2.45) is 10.7 Å². The Hall–Kier alpha value is -2.73. The molecule has 0 amide bonds. The number of nitrogens with zero attached hydrogens (tertiary/aromatic N) is 4. The van der Waals surface area contributed by atoms with Crippen LogP contribution in [0.25, 0.3) is 22.4 Å².